The third kappa shape index (κ3) is 3.90. The summed E-state index contributed by atoms with van der Waals surface area (Å²) in [5.41, 5.74) is 2.04. The van der Waals surface area contributed by atoms with Crippen LogP contribution in [0.3, 0.4) is 0 Å². The van der Waals surface area contributed by atoms with Crippen LogP contribution in [-0.2, 0) is 6.54 Å². The van der Waals surface area contributed by atoms with Crippen LogP contribution in [0.1, 0.15) is 24.5 Å². The summed E-state index contributed by atoms with van der Waals surface area (Å²) >= 11 is 0. The maximum atomic E-state index is 9.59. The molecule has 1 atom stereocenters. The van der Waals surface area contributed by atoms with Gasteiger partial charge in [-0.1, -0.05) is 17.7 Å². The predicted octanol–water partition coefficient (Wildman–Crippen LogP) is 1.56. The van der Waals surface area contributed by atoms with Gasteiger partial charge in [0.05, 0.1) is 0 Å². The molecule has 1 aromatic carbocycles. The molecule has 0 saturated carbocycles. The van der Waals surface area contributed by atoms with Gasteiger partial charge in [-0.2, -0.15) is 0 Å². The molecular formula is C12H19NO2. The Hall–Kier alpha value is -1.06. The smallest absolute Gasteiger partial charge is 0.120 e. The van der Waals surface area contributed by atoms with Crippen LogP contribution >= 0.6 is 0 Å². The quantitative estimate of drug-likeness (QED) is 0.690. The average Bonchev–Trinajstić information content (AvgIpc) is 2.20. The minimum absolute atomic E-state index is 0.188. The average molecular weight is 209 g/mol. The number of aryl methyl sites for hydroxylation is 1. The Morgan fingerprint density at radius 2 is 2.13 bits per heavy atom. The lowest BCUT2D eigenvalue weighted by Gasteiger charge is -2.13. The van der Waals surface area contributed by atoms with Gasteiger partial charge in [-0.25, -0.2) is 0 Å². The maximum Gasteiger partial charge on any atom is 0.120 e. The first-order valence-electron chi connectivity index (χ1n) is 5.26. The Morgan fingerprint density at radius 1 is 1.40 bits per heavy atom. The molecule has 0 spiro atoms. The largest absolute Gasteiger partial charge is 0.508 e. The molecule has 3 heteroatoms. The molecule has 1 rings (SSSR count). The van der Waals surface area contributed by atoms with Crippen molar-refractivity contribution in [1.82, 2.24) is 5.32 Å². The molecule has 0 unspecified atom stereocenters. The number of aliphatic hydroxyl groups is 1. The Morgan fingerprint density at radius 3 is 2.80 bits per heavy atom. The highest BCUT2D eigenvalue weighted by Crippen LogP contribution is 2.17. The van der Waals surface area contributed by atoms with E-state index in [9.17, 15) is 5.11 Å². The fraction of sp³-hybridized carbons (Fsp3) is 0.500. The van der Waals surface area contributed by atoms with E-state index < -0.39 is 0 Å². The summed E-state index contributed by atoms with van der Waals surface area (Å²) in [4.78, 5) is 0. The molecule has 0 aliphatic rings. The summed E-state index contributed by atoms with van der Waals surface area (Å²) < 4.78 is 0. The van der Waals surface area contributed by atoms with Crippen molar-refractivity contribution in [3.63, 3.8) is 0 Å². The van der Waals surface area contributed by atoms with Crippen molar-refractivity contribution in [3.8, 4) is 5.75 Å². The molecule has 0 bridgehead atoms. The summed E-state index contributed by atoms with van der Waals surface area (Å²) in [5.74, 6) is 0.323. The molecule has 0 heterocycles. The first-order chi connectivity index (χ1) is 7.13. The highest BCUT2D eigenvalue weighted by Gasteiger charge is 2.04. The van der Waals surface area contributed by atoms with Crippen LogP contribution in [0, 0.1) is 6.92 Å². The van der Waals surface area contributed by atoms with E-state index in [1.807, 2.05) is 26.0 Å². The van der Waals surface area contributed by atoms with Gasteiger partial charge in [0.25, 0.3) is 0 Å². The minimum atomic E-state index is 0.188. The molecule has 0 radical (unpaired) electrons. The van der Waals surface area contributed by atoms with Crippen LogP contribution in [0.15, 0.2) is 18.2 Å². The highest BCUT2D eigenvalue weighted by atomic mass is 16.3. The third-order valence-electron chi connectivity index (χ3n) is 2.44. The molecule has 1 aromatic rings. The minimum Gasteiger partial charge on any atom is -0.508 e. The predicted molar refractivity (Wildman–Crippen MR) is 60.8 cm³/mol. The van der Waals surface area contributed by atoms with Crippen molar-refractivity contribution < 1.29 is 10.2 Å². The van der Waals surface area contributed by atoms with Gasteiger partial charge >= 0.3 is 0 Å². The third-order valence-corrected chi connectivity index (χ3v) is 2.44. The number of phenolic OH excluding ortho intramolecular Hbond substituents is 1. The molecule has 3 N–H and O–H groups in total. The standard InChI is InChI=1S/C12H19NO2/c1-9-3-4-12(15)11(7-9)8-13-10(2)5-6-14/h3-4,7,10,13-15H,5-6,8H2,1-2H3/t10-/m1/s1. The van der Waals surface area contributed by atoms with E-state index in [0.29, 0.717) is 12.3 Å². The van der Waals surface area contributed by atoms with E-state index in [1.54, 1.807) is 6.07 Å². The van der Waals surface area contributed by atoms with E-state index in [0.717, 1.165) is 17.5 Å². The zero-order valence-corrected chi connectivity index (χ0v) is 9.33. The SMILES string of the molecule is Cc1ccc(O)c(CN[C@H](C)CCO)c1. The molecule has 84 valence electrons. The summed E-state index contributed by atoms with van der Waals surface area (Å²) in [6, 6.07) is 5.82. The van der Waals surface area contributed by atoms with Gasteiger partial charge in [0.15, 0.2) is 0 Å². The molecular weight excluding hydrogens is 190 g/mol. The van der Waals surface area contributed by atoms with Crippen LogP contribution < -0.4 is 5.32 Å². The fourth-order valence-electron chi connectivity index (χ4n) is 1.44. The summed E-state index contributed by atoms with van der Waals surface area (Å²) in [5, 5.41) is 21.6. The number of hydrogen-bond acceptors (Lipinski definition) is 3. The first-order valence-corrected chi connectivity index (χ1v) is 5.26. The lowest BCUT2D eigenvalue weighted by Crippen LogP contribution is -2.26. The fourth-order valence-corrected chi connectivity index (χ4v) is 1.44. The van der Waals surface area contributed by atoms with Crippen LogP contribution in [-0.4, -0.2) is 22.9 Å². The Balaban J connectivity index is 2.53. The van der Waals surface area contributed by atoms with Crippen molar-refractivity contribution in [2.45, 2.75) is 32.9 Å². The summed E-state index contributed by atoms with van der Waals surface area (Å²) in [6.07, 6.45) is 0.729. The zero-order chi connectivity index (χ0) is 11.3. The molecule has 0 amide bonds. The van der Waals surface area contributed by atoms with Crippen LogP contribution in [0.4, 0.5) is 0 Å². The van der Waals surface area contributed by atoms with Gasteiger partial charge in [0.1, 0.15) is 5.75 Å². The van der Waals surface area contributed by atoms with E-state index >= 15 is 0 Å². The number of nitrogens with one attached hydrogen (secondary N) is 1. The van der Waals surface area contributed by atoms with Crippen molar-refractivity contribution in [2.24, 2.45) is 0 Å². The van der Waals surface area contributed by atoms with Gasteiger partial charge in [-0.3, -0.25) is 0 Å². The monoisotopic (exact) mass is 209 g/mol. The molecule has 0 aliphatic heterocycles. The second-order valence-electron chi connectivity index (χ2n) is 3.93. The Bertz CT molecular complexity index is 312. The van der Waals surface area contributed by atoms with Crippen LogP contribution in [0.5, 0.6) is 5.75 Å². The molecule has 3 nitrogen and oxygen atoms in total. The van der Waals surface area contributed by atoms with E-state index in [2.05, 4.69) is 5.32 Å². The van der Waals surface area contributed by atoms with E-state index in [1.165, 1.54) is 0 Å². The van der Waals surface area contributed by atoms with Crippen molar-refractivity contribution >= 4 is 0 Å². The highest BCUT2D eigenvalue weighted by molar-refractivity contribution is 5.35. The summed E-state index contributed by atoms with van der Waals surface area (Å²) in [7, 11) is 0. The number of benzene rings is 1. The number of hydrogen-bond donors (Lipinski definition) is 3. The van der Waals surface area contributed by atoms with E-state index in [4.69, 9.17) is 5.11 Å². The van der Waals surface area contributed by atoms with Gasteiger partial charge < -0.3 is 15.5 Å². The van der Waals surface area contributed by atoms with E-state index in [-0.39, 0.29) is 12.6 Å². The van der Waals surface area contributed by atoms with Gasteiger partial charge in [-0.05, 0) is 26.3 Å². The maximum absolute atomic E-state index is 9.59. The number of aliphatic hydroxyl groups excluding tert-OH is 1. The van der Waals surface area contributed by atoms with Gasteiger partial charge in [-0.15, -0.1) is 0 Å². The molecule has 0 saturated heterocycles. The topological polar surface area (TPSA) is 52.5 Å². The van der Waals surface area contributed by atoms with Crippen molar-refractivity contribution in [2.75, 3.05) is 6.61 Å². The van der Waals surface area contributed by atoms with Crippen LogP contribution in [0.25, 0.3) is 0 Å². The number of phenols is 1. The second-order valence-corrected chi connectivity index (χ2v) is 3.93. The molecule has 0 aliphatic carbocycles. The summed E-state index contributed by atoms with van der Waals surface area (Å²) in [6.45, 7) is 4.84. The van der Waals surface area contributed by atoms with Crippen molar-refractivity contribution in [1.29, 1.82) is 0 Å². The van der Waals surface area contributed by atoms with Gasteiger partial charge in [0.2, 0.25) is 0 Å². The molecule has 0 aromatic heterocycles. The van der Waals surface area contributed by atoms with Crippen LogP contribution in [0.2, 0.25) is 0 Å². The molecule has 0 fully saturated rings. The number of aromatic hydroxyl groups is 1. The normalized spacial score (nSPS) is 12.7. The lowest BCUT2D eigenvalue weighted by atomic mass is 10.1. The Kier molecular flexibility index (Phi) is 4.59. The first kappa shape index (κ1) is 12.0. The Labute approximate surface area is 90.8 Å². The zero-order valence-electron chi connectivity index (χ0n) is 9.33. The van der Waals surface area contributed by atoms with Gasteiger partial charge in [0, 0.05) is 24.8 Å². The lowest BCUT2D eigenvalue weighted by molar-refractivity contribution is 0.268. The second kappa shape index (κ2) is 5.73. The number of rotatable bonds is 5. The van der Waals surface area contributed by atoms with Crippen molar-refractivity contribution in [3.05, 3.63) is 29.3 Å². The molecule has 15 heavy (non-hydrogen) atoms.